The molecule has 15 atom stereocenters. The van der Waals surface area contributed by atoms with Crippen LogP contribution >= 0.6 is 0 Å². The molecule has 1 aromatic carbocycles. The van der Waals surface area contributed by atoms with Crippen molar-refractivity contribution >= 4 is 129 Å². The largest absolute Gasteiger partial charge is 0.481 e. The number of aromatic amines is 1. The first-order valence-electron chi connectivity index (χ1n) is 37.5. The summed E-state index contributed by atoms with van der Waals surface area (Å²) in [6, 6.07) is -15.7. The van der Waals surface area contributed by atoms with E-state index in [0.29, 0.717) is 40.1 Å². The summed E-state index contributed by atoms with van der Waals surface area (Å²) in [6.07, 6.45) is -7.97. The van der Waals surface area contributed by atoms with Crippen molar-refractivity contribution in [2.24, 2.45) is 29.0 Å². The summed E-state index contributed by atoms with van der Waals surface area (Å²) in [6.45, 7) is 6.60. The van der Waals surface area contributed by atoms with E-state index in [-0.39, 0.29) is 45.1 Å². The van der Waals surface area contributed by atoms with Gasteiger partial charge in [0.25, 0.3) is 0 Å². The number of likely N-dealkylation sites (N-methyl/N-ethyl adjacent to an activating group) is 1. The van der Waals surface area contributed by atoms with Gasteiger partial charge >= 0.3 is 29.8 Å². The van der Waals surface area contributed by atoms with Gasteiger partial charge in [0.15, 0.2) is 12.2 Å². The van der Waals surface area contributed by atoms with E-state index >= 15 is 0 Å². The number of primary amides is 2. The molecule has 44 nitrogen and oxygen atoms in total. The number of para-hydroxylation sites is 1. The van der Waals surface area contributed by atoms with Crippen LogP contribution in [-0.2, 0) is 112 Å². The van der Waals surface area contributed by atoms with Crippen molar-refractivity contribution in [3.63, 3.8) is 0 Å². The Morgan fingerprint density at radius 2 is 1.21 bits per heavy atom. The van der Waals surface area contributed by atoms with Crippen molar-refractivity contribution in [2.45, 2.75) is 235 Å². The van der Waals surface area contributed by atoms with Crippen LogP contribution in [0.5, 0.6) is 0 Å². The van der Waals surface area contributed by atoms with Gasteiger partial charge in [-0.25, -0.2) is 9.59 Å². The van der Waals surface area contributed by atoms with Crippen LogP contribution < -0.4 is 81.0 Å². The zero-order valence-corrected chi connectivity index (χ0v) is 65.7. The lowest BCUT2D eigenvalue weighted by molar-refractivity contribution is -0.159. The van der Waals surface area contributed by atoms with Crippen LogP contribution in [0.4, 0.5) is 0 Å². The number of benzene rings is 1. The predicted molar refractivity (Wildman–Crippen MR) is 403 cm³/mol. The molecular weight excluding hydrogens is 1530 g/mol. The molecular formula is C72H109N17O27. The van der Waals surface area contributed by atoms with Crippen LogP contribution in [-0.4, -0.2) is 272 Å². The Morgan fingerprint density at radius 3 is 1.78 bits per heavy atom. The van der Waals surface area contributed by atoms with Gasteiger partial charge in [0, 0.05) is 56.9 Å². The van der Waals surface area contributed by atoms with E-state index in [0.717, 1.165) is 47.3 Å². The van der Waals surface area contributed by atoms with Gasteiger partial charge in [0.2, 0.25) is 88.6 Å². The first-order valence-corrected chi connectivity index (χ1v) is 37.5. The molecule has 44 heteroatoms. The fourth-order valence-corrected chi connectivity index (χ4v) is 11.8. The number of carbonyl (C=O) groups excluding carboxylic acids is 16. The van der Waals surface area contributed by atoms with Gasteiger partial charge in [-0.05, 0) is 82.4 Å². The number of nitrogens with two attached hydrogens (primary N) is 3. The number of fused-ring (bicyclic) bond motifs is 1. The fourth-order valence-electron chi connectivity index (χ4n) is 11.8. The minimum atomic E-state index is -2.80. The number of ether oxygens (including phenoxy) is 2. The van der Waals surface area contributed by atoms with Crippen molar-refractivity contribution < 1.29 is 131 Å². The highest BCUT2D eigenvalue weighted by atomic mass is 16.5. The maximum atomic E-state index is 15.0. The average molecular weight is 1640 g/mol. The Kier molecular flexibility index (Phi) is 41.5. The number of amides is 15. The van der Waals surface area contributed by atoms with E-state index in [1.165, 1.54) is 13.8 Å². The molecule has 15 unspecified atom stereocenters. The number of carbonyl (C=O) groups is 20. The number of cyclic esters (lactones) is 1. The van der Waals surface area contributed by atoms with Crippen LogP contribution in [0.15, 0.2) is 30.5 Å². The molecule has 0 aliphatic carbocycles. The molecule has 1 saturated heterocycles. The standard InChI is InChI=1S/C72H109N17O27/c1-9-35(4)54-72(114)116-37(6)55(86-69(110)56(58(100)60(75)101)87-64(105)43(24-26-52(96)97)82-65(106)44(28-38-31-76-40-20-15-14-19-39(38)40)79-48(91)22-13-11-10-12-18-34(2)3)70(111)89(7)33-50(93)78-36(5)61(102)84-46(30-53(98)99)67(108)81-41(21-16-17-27-73)62(103)88-57(59(115-8)71(112)113)68(109)77-32-49(92)80-45(29-47(74)90)66(107)83-42(63(104)85-54)23-25-51(94)95/h14-15,19-20,31,34-37,41-46,54-59,76,100H,9-13,16-18,21-30,32-33,73H2,1-8H3,(H2,74,90)(H2,75,101)(H,77,109)(H,78,93)(H,79,91)(H,80,92)(H,81,108)(H,82,106)(H,83,107)(H,84,102)(H,85,104)(H,86,110)(H,87,105)(H,88,103)(H,94,95)(H,96,97)(H,98,99)(H,112,113). The number of hydrogen-bond donors (Lipinski definition) is 21. The molecule has 1 aliphatic rings. The Balaban J connectivity index is 2.28. The number of aliphatic carboxylic acids is 4. The van der Waals surface area contributed by atoms with Gasteiger partial charge in [0.1, 0.15) is 72.6 Å². The number of carboxylic acids is 4. The summed E-state index contributed by atoms with van der Waals surface area (Å²) in [5, 5.41) is 78.0. The molecule has 3 rings (SSSR count). The third-order valence-corrected chi connectivity index (χ3v) is 18.5. The monoisotopic (exact) mass is 1640 g/mol. The number of esters is 1. The second-order valence-electron chi connectivity index (χ2n) is 28.3. The number of aliphatic hydroxyl groups excluding tert-OH is 1. The lowest BCUT2D eigenvalue weighted by atomic mass is 9.98. The Hall–Kier alpha value is -12.0. The van der Waals surface area contributed by atoms with E-state index in [9.17, 15) is 121 Å². The molecule has 1 aromatic heterocycles. The molecule has 1 aliphatic heterocycles. The molecule has 24 N–H and O–H groups in total. The van der Waals surface area contributed by atoms with Gasteiger partial charge in [-0.3, -0.25) is 86.3 Å². The summed E-state index contributed by atoms with van der Waals surface area (Å²) in [4.78, 5) is 277. The molecule has 0 spiro atoms. The highest BCUT2D eigenvalue weighted by Gasteiger charge is 2.44. The summed E-state index contributed by atoms with van der Waals surface area (Å²) in [5.41, 5.74) is 17.7. The minimum Gasteiger partial charge on any atom is -0.481 e. The van der Waals surface area contributed by atoms with Crippen LogP contribution in [0.3, 0.4) is 0 Å². The van der Waals surface area contributed by atoms with Gasteiger partial charge in [-0.1, -0.05) is 78.0 Å². The topological polar surface area (TPSA) is 702 Å². The second-order valence-corrected chi connectivity index (χ2v) is 28.3. The van der Waals surface area contributed by atoms with E-state index in [4.69, 9.17) is 26.7 Å². The molecule has 0 saturated carbocycles. The number of aliphatic hydroxyl groups is 1. The number of carboxylic acid groups (broad SMARTS) is 4. The molecule has 116 heavy (non-hydrogen) atoms. The summed E-state index contributed by atoms with van der Waals surface area (Å²) in [7, 11) is 1.70. The van der Waals surface area contributed by atoms with E-state index in [2.05, 4.69) is 72.0 Å². The number of H-pyrrole nitrogens is 1. The number of unbranched alkanes of at least 4 members (excludes halogenated alkanes) is 4. The van der Waals surface area contributed by atoms with Crippen molar-refractivity contribution in [3.05, 3.63) is 36.0 Å². The Bertz CT molecular complexity index is 3850. The van der Waals surface area contributed by atoms with Crippen LogP contribution in [0.25, 0.3) is 10.9 Å². The van der Waals surface area contributed by atoms with Crippen molar-refractivity contribution in [2.75, 3.05) is 33.8 Å². The first-order chi connectivity index (χ1) is 54.5. The highest BCUT2D eigenvalue weighted by Crippen LogP contribution is 2.21. The van der Waals surface area contributed by atoms with Crippen molar-refractivity contribution in [3.8, 4) is 0 Å². The number of hydrogen-bond acceptors (Lipinski definition) is 24. The van der Waals surface area contributed by atoms with Gasteiger partial charge in [-0.2, -0.15) is 0 Å². The third-order valence-electron chi connectivity index (χ3n) is 18.5. The summed E-state index contributed by atoms with van der Waals surface area (Å²) in [5.74, 6) is -29.1. The molecule has 2 heterocycles. The quantitative estimate of drug-likeness (QED) is 0.0221. The average Bonchev–Trinajstić information content (AvgIpc) is 1.47. The van der Waals surface area contributed by atoms with E-state index in [1.807, 2.05) is 10.6 Å². The number of nitrogens with one attached hydrogen (secondary N) is 13. The lowest BCUT2D eigenvalue weighted by Crippen LogP contribution is -2.64. The summed E-state index contributed by atoms with van der Waals surface area (Å²) >= 11 is 0. The third kappa shape index (κ3) is 33.2. The fraction of sp³-hybridized carbons (Fsp3) is 0.611. The van der Waals surface area contributed by atoms with Crippen molar-refractivity contribution in [1.82, 2.24) is 73.7 Å². The maximum Gasteiger partial charge on any atom is 0.335 e. The first kappa shape index (κ1) is 98.2. The zero-order chi connectivity index (χ0) is 87.4. The van der Waals surface area contributed by atoms with Crippen LogP contribution in [0.1, 0.15) is 150 Å². The predicted octanol–water partition coefficient (Wildman–Crippen LogP) is -6.22. The molecule has 0 bridgehead atoms. The SMILES string of the molecule is CCC(C)C1NC(=O)C(CCC(=O)O)NC(=O)C(CC(N)=O)NC(=O)CNC(=O)C(C(OC)C(=O)O)NC(=O)C(CCCCN)NC(=O)C(CC(=O)O)NC(=O)C(C)NC(=O)CN(C)C(=O)C(NC(=O)C(NC(=O)C(CCC(=O)O)NC(=O)C(Cc2c[nH]c3ccccc23)NC(=O)CCCCCCC(C)C)C(O)C(N)=O)C(C)OC1=O. The van der Waals surface area contributed by atoms with E-state index < -0.39 is 261 Å². The highest BCUT2D eigenvalue weighted by molar-refractivity contribution is 6.02. The number of nitrogens with zero attached hydrogens (tertiary/aromatic N) is 1. The van der Waals surface area contributed by atoms with Crippen LogP contribution in [0.2, 0.25) is 0 Å². The molecule has 1 fully saturated rings. The Labute approximate surface area is 665 Å². The number of aromatic nitrogens is 1. The molecule has 644 valence electrons. The van der Waals surface area contributed by atoms with Gasteiger partial charge in [0.05, 0.1) is 25.9 Å². The van der Waals surface area contributed by atoms with E-state index in [1.54, 1.807) is 30.5 Å². The Morgan fingerprint density at radius 1 is 0.621 bits per heavy atom. The number of methoxy groups -OCH3 is 1. The van der Waals surface area contributed by atoms with Crippen LogP contribution in [0, 0.1) is 11.8 Å². The van der Waals surface area contributed by atoms with Crippen molar-refractivity contribution in [1.29, 1.82) is 0 Å². The van der Waals surface area contributed by atoms with Gasteiger partial charge in [-0.15, -0.1) is 0 Å². The molecule has 2 aromatic rings. The number of rotatable bonds is 37. The smallest absolute Gasteiger partial charge is 0.335 e. The minimum absolute atomic E-state index is 0.00538. The van der Waals surface area contributed by atoms with Gasteiger partial charge < -0.3 is 126 Å². The summed E-state index contributed by atoms with van der Waals surface area (Å²) < 4.78 is 10.7. The molecule has 15 amide bonds. The normalized spacial score (nSPS) is 21.9. The second kappa shape index (κ2) is 49.0. The lowest BCUT2D eigenvalue weighted by Gasteiger charge is -2.32. The molecule has 0 radical (unpaired) electrons. The zero-order valence-electron chi connectivity index (χ0n) is 65.7. The maximum absolute atomic E-state index is 15.0.